The highest BCUT2D eigenvalue weighted by atomic mass is 16.5. The molecular formula is C14H17N3O2. The van der Waals surface area contributed by atoms with E-state index in [0.29, 0.717) is 18.0 Å². The van der Waals surface area contributed by atoms with Crippen LogP contribution in [0.5, 0.6) is 5.75 Å². The summed E-state index contributed by atoms with van der Waals surface area (Å²) in [6.07, 6.45) is 0.825. The van der Waals surface area contributed by atoms with E-state index in [1.165, 1.54) is 0 Å². The highest BCUT2D eigenvalue weighted by Crippen LogP contribution is 2.31. The molecule has 1 amide bonds. The van der Waals surface area contributed by atoms with Gasteiger partial charge in [0.2, 0.25) is 0 Å². The highest BCUT2D eigenvalue weighted by molar-refractivity contribution is 5.96. The molecule has 0 spiro atoms. The topological polar surface area (TPSA) is 65.4 Å². The molecule has 0 saturated heterocycles. The van der Waals surface area contributed by atoms with Crippen LogP contribution in [0.2, 0.25) is 0 Å². The number of nitrogens with zero attached hydrogens (tertiary/aromatic N) is 2. The van der Waals surface area contributed by atoms with Crippen molar-refractivity contribution in [2.75, 3.05) is 30.4 Å². The van der Waals surface area contributed by atoms with Crippen LogP contribution < -0.4 is 15.0 Å². The number of fused-ring (bicyclic) bond motifs is 1. The van der Waals surface area contributed by atoms with E-state index in [2.05, 4.69) is 11.4 Å². The highest BCUT2D eigenvalue weighted by Gasteiger charge is 2.17. The van der Waals surface area contributed by atoms with Crippen LogP contribution in [0.4, 0.5) is 11.4 Å². The molecule has 0 aliphatic carbocycles. The summed E-state index contributed by atoms with van der Waals surface area (Å²) >= 11 is 0. The van der Waals surface area contributed by atoms with Crippen LogP contribution in [-0.2, 0) is 4.79 Å². The van der Waals surface area contributed by atoms with Gasteiger partial charge in [0.1, 0.15) is 5.75 Å². The number of rotatable bonds is 4. The molecule has 1 atom stereocenters. The number of nitriles is 1. The summed E-state index contributed by atoms with van der Waals surface area (Å²) < 4.78 is 5.31. The maximum Gasteiger partial charge on any atom is 0.262 e. The summed E-state index contributed by atoms with van der Waals surface area (Å²) in [6, 6.07) is 7.93. The number of carbonyl (C=O) groups is 1. The van der Waals surface area contributed by atoms with Crippen molar-refractivity contribution < 1.29 is 9.53 Å². The second kappa shape index (κ2) is 5.61. The Hall–Kier alpha value is -2.22. The van der Waals surface area contributed by atoms with Gasteiger partial charge in [0.25, 0.3) is 5.91 Å². The molecule has 2 rings (SSSR count). The monoisotopic (exact) mass is 259 g/mol. The van der Waals surface area contributed by atoms with Crippen LogP contribution in [0.3, 0.4) is 0 Å². The van der Waals surface area contributed by atoms with Gasteiger partial charge in [-0.2, -0.15) is 5.26 Å². The summed E-state index contributed by atoms with van der Waals surface area (Å²) in [5.74, 6) is 0.548. The molecule has 1 aromatic carbocycles. The first kappa shape index (κ1) is 13.2. The normalized spacial score (nSPS) is 14.7. The van der Waals surface area contributed by atoms with Crippen LogP contribution in [0.15, 0.2) is 18.2 Å². The summed E-state index contributed by atoms with van der Waals surface area (Å²) in [5.41, 5.74) is 1.64. The van der Waals surface area contributed by atoms with Gasteiger partial charge in [-0.1, -0.05) is 6.92 Å². The lowest BCUT2D eigenvalue weighted by Gasteiger charge is -2.24. The van der Waals surface area contributed by atoms with Crippen molar-refractivity contribution in [3.8, 4) is 11.8 Å². The van der Waals surface area contributed by atoms with Gasteiger partial charge in [0.15, 0.2) is 6.61 Å². The Balaban J connectivity index is 2.15. The van der Waals surface area contributed by atoms with Crippen molar-refractivity contribution in [1.82, 2.24) is 0 Å². The molecule has 0 bridgehead atoms. The fourth-order valence-electron chi connectivity index (χ4n) is 2.01. The molecule has 0 radical (unpaired) electrons. The molecule has 0 saturated carbocycles. The molecule has 1 aliphatic rings. The maximum absolute atomic E-state index is 11.3. The lowest BCUT2D eigenvalue weighted by molar-refractivity contribution is -0.118. The number of hydrogen-bond donors (Lipinski definition) is 1. The van der Waals surface area contributed by atoms with E-state index >= 15 is 0 Å². The quantitative estimate of drug-likeness (QED) is 0.898. The second-order valence-corrected chi connectivity index (χ2v) is 4.63. The van der Waals surface area contributed by atoms with Gasteiger partial charge in [0, 0.05) is 19.3 Å². The van der Waals surface area contributed by atoms with E-state index < -0.39 is 0 Å². The summed E-state index contributed by atoms with van der Waals surface area (Å²) in [4.78, 5) is 13.3. The van der Waals surface area contributed by atoms with Gasteiger partial charge in [-0.25, -0.2) is 0 Å². The number of carbonyl (C=O) groups excluding carboxylic acids is 1. The number of ether oxygens (including phenoxy) is 1. The summed E-state index contributed by atoms with van der Waals surface area (Å²) in [5, 5.41) is 11.8. The van der Waals surface area contributed by atoms with E-state index in [1.54, 1.807) is 0 Å². The minimum absolute atomic E-state index is 0.00636. The fourth-order valence-corrected chi connectivity index (χ4v) is 2.01. The second-order valence-electron chi connectivity index (χ2n) is 4.63. The number of benzene rings is 1. The number of anilines is 2. The zero-order chi connectivity index (χ0) is 13.8. The van der Waals surface area contributed by atoms with Gasteiger partial charge in [-0.05, 0) is 24.6 Å². The lowest BCUT2D eigenvalue weighted by atomic mass is 10.1. The first-order valence-electron chi connectivity index (χ1n) is 6.31. The summed E-state index contributed by atoms with van der Waals surface area (Å²) in [7, 11) is 1.94. The van der Waals surface area contributed by atoms with Crippen molar-refractivity contribution in [1.29, 1.82) is 5.26 Å². The van der Waals surface area contributed by atoms with Crippen LogP contribution >= 0.6 is 0 Å². The standard InChI is InChI=1S/C14H17N3O2/c1-3-10(7-15)8-17(2)11-4-5-13-12(6-11)16-14(18)9-19-13/h4-6,10H,3,8-9H2,1-2H3,(H,16,18). The van der Waals surface area contributed by atoms with Gasteiger partial charge in [-0.15, -0.1) is 0 Å². The molecule has 1 heterocycles. The molecular weight excluding hydrogens is 242 g/mol. The molecule has 100 valence electrons. The van der Waals surface area contributed by atoms with E-state index in [9.17, 15) is 4.79 Å². The lowest BCUT2D eigenvalue weighted by Crippen LogP contribution is -2.27. The molecule has 1 aromatic rings. The zero-order valence-electron chi connectivity index (χ0n) is 11.1. The van der Waals surface area contributed by atoms with Crippen LogP contribution in [0, 0.1) is 17.2 Å². The third-order valence-corrected chi connectivity index (χ3v) is 3.21. The first-order chi connectivity index (χ1) is 9.13. The van der Waals surface area contributed by atoms with Crippen molar-refractivity contribution in [2.24, 2.45) is 5.92 Å². The SMILES string of the molecule is CCC(C#N)CN(C)c1ccc2c(c1)NC(=O)CO2. The Morgan fingerprint density at radius 2 is 2.37 bits per heavy atom. The van der Waals surface area contributed by atoms with E-state index in [1.807, 2.05) is 37.1 Å². The Labute approximate surface area is 112 Å². The third kappa shape index (κ3) is 2.97. The van der Waals surface area contributed by atoms with Gasteiger partial charge in [0.05, 0.1) is 17.7 Å². The molecule has 5 nitrogen and oxygen atoms in total. The van der Waals surface area contributed by atoms with E-state index in [4.69, 9.17) is 10.00 Å². The van der Waals surface area contributed by atoms with Crippen molar-refractivity contribution >= 4 is 17.3 Å². The Kier molecular flexibility index (Phi) is 3.91. The molecule has 19 heavy (non-hydrogen) atoms. The third-order valence-electron chi connectivity index (χ3n) is 3.21. The smallest absolute Gasteiger partial charge is 0.262 e. The Bertz CT molecular complexity index is 522. The molecule has 1 N–H and O–H groups in total. The largest absolute Gasteiger partial charge is 0.482 e. The predicted octanol–water partition coefficient (Wildman–Crippen LogP) is 2.00. The zero-order valence-corrected chi connectivity index (χ0v) is 11.1. The minimum Gasteiger partial charge on any atom is -0.482 e. The van der Waals surface area contributed by atoms with Crippen LogP contribution in [0.25, 0.3) is 0 Å². The number of amides is 1. The molecule has 0 fully saturated rings. The van der Waals surface area contributed by atoms with Crippen molar-refractivity contribution in [2.45, 2.75) is 13.3 Å². The average molecular weight is 259 g/mol. The fraction of sp³-hybridized carbons (Fsp3) is 0.429. The predicted molar refractivity (Wildman–Crippen MR) is 73.2 cm³/mol. The van der Waals surface area contributed by atoms with Gasteiger partial charge in [-0.3, -0.25) is 4.79 Å². The van der Waals surface area contributed by atoms with Crippen LogP contribution in [-0.4, -0.2) is 26.1 Å². The molecule has 5 heteroatoms. The molecule has 0 aromatic heterocycles. The Morgan fingerprint density at radius 3 is 3.05 bits per heavy atom. The minimum atomic E-state index is -0.143. The average Bonchev–Trinajstić information content (AvgIpc) is 2.43. The Morgan fingerprint density at radius 1 is 1.58 bits per heavy atom. The number of hydrogen-bond acceptors (Lipinski definition) is 4. The van der Waals surface area contributed by atoms with Gasteiger partial charge >= 0.3 is 0 Å². The maximum atomic E-state index is 11.3. The number of nitrogens with one attached hydrogen (secondary N) is 1. The van der Waals surface area contributed by atoms with Crippen molar-refractivity contribution in [3.63, 3.8) is 0 Å². The van der Waals surface area contributed by atoms with E-state index in [0.717, 1.165) is 12.1 Å². The molecule has 1 unspecified atom stereocenters. The van der Waals surface area contributed by atoms with E-state index in [-0.39, 0.29) is 18.4 Å². The van der Waals surface area contributed by atoms with Crippen LogP contribution in [0.1, 0.15) is 13.3 Å². The van der Waals surface area contributed by atoms with Crippen molar-refractivity contribution in [3.05, 3.63) is 18.2 Å². The van der Waals surface area contributed by atoms with Gasteiger partial charge < -0.3 is 15.0 Å². The first-order valence-corrected chi connectivity index (χ1v) is 6.31. The summed E-state index contributed by atoms with van der Waals surface area (Å²) in [6.45, 7) is 2.73. The molecule has 1 aliphatic heterocycles.